The van der Waals surface area contributed by atoms with Crippen molar-refractivity contribution in [2.45, 2.75) is 71.4 Å². The minimum Gasteiger partial charge on any atom is -0.349 e. The zero-order chi connectivity index (χ0) is 29.7. The van der Waals surface area contributed by atoms with Crippen molar-refractivity contribution in [1.82, 2.24) is 39.4 Å². The Morgan fingerprint density at radius 2 is 1.90 bits per heavy atom. The van der Waals surface area contributed by atoms with Gasteiger partial charge in [-0.25, -0.2) is 18.7 Å². The number of nitrogens with zero attached hydrogens (tertiary/aromatic N) is 9. The molecule has 0 aromatic carbocycles. The predicted molar refractivity (Wildman–Crippen MR) is 157 cm³/mol. The molecule has 0 N–H and O–H groups in total. The summed E-state index contributed by atoms with van der Waals surface area (Å²) < 4.78 is 18.7. The minimum absolute atomic E-state index is 0.00553. The number of amides is 1. The number of carbonyl (C=O) groups is 1. The van der Waals surface area contributed by atoms with Crippen LogP contribution in [0.25, 0.3) is 22.5 Å². The van der Waals surface area contributed by atoms with Gasteiger partial charge in [0.2, 0.25) is 5.91 Å². The molecule has 2 aliphatic rings. The molecular weight excluding hydrogens is 537 g/mol. The molecule has 2 atom stereocenters. The van der Waals surface area contributed by atoms with Crippen LogP contribution in [-0.2, 0) is 17.6 Å². The van der Waals surface area contributed by atoms with Crippen molar-refractivity contribution < 1.29 is 9.18 Å². The van der Waals surface area contributed by atoms with E-state index in [1.165, 1.54) is 21.4 Å². The van der Waals surface area contributed by atoms with Gasteiger partial charge in [0.1, 0.15) is 5.82 Å². The van der Waals surface area contributed by atoms with Gasteiger partial charge in [-0.2, -0.15) is 9.67 Å². The SMILES string of the molecule is C=CC(=O)N1CC(C)N(c2nc(=O)n3c4nc(c(F)cc24)-n2cc(nn2)CCCCc2ccnc(C(C)C)c2-3)CC1C. The summed E-state index contributed by atoms with van der Waals surface area (Å²) in [5.74, 6) is -0.487. The van der Waals surface area contributed by atoms with Crippen molar-refractivity contribution in [2.75, 3.05) is 18.0 Å². The highest BCUT2D eigenvalue weighted by Crippen LogP contribution is 2.33. The molecule has 2 aliphatic heterocycles. The molecule has 0 saturated carbocycles. The number of halogens is 1. The van der Waals surface area contributed by atoms with Gasteiger partial charge in [0.15, 0.2) is 17.3 Å². The van der Waals surface area contributed by atoms with E-state index in [9.17, 15) is 9.59 Å². The third-order valence-corrected chi connectivity index (χ3v) is 8.19. The first-order chi connectivity index (χ1) is 20.2. The van der Waals surface area contributed by atoms with Crippen LogP contribution < -0.4 is 10.6 Å². The fourth-order valence-corrected chi connectivity index (χ4v) is 6.06. The summed E-state index contributed by atoms with van der Waals surface area (Å²) in [5.41, 5.74) is 2.82. The van der Waals surface area contributed by atoms with E-state index < -0.39 is 11.5 Å². The predicted octanol–water partition coefficient (Wildman–Crippen LogP) is 3.51. The zero-order valence-corrected chi connectivity index (χ0v) is 24.3. The summed E-state index contributed by atoms with van der Waals surface area (Å²) >= 11 is 0. The third kappa shape index (κ3) is 4.64. The lowest BCUT2D eigenvalue weighted by molar-refractivity contribution is -0.128. The Labute approximate surface area is 242 Å². The molecule has 42 heavy (non-hydrogen) atoms. The lowest BCUT2D eigenvalue weighted by Gasteiger charge is -2.44. The van der Waals surface area contributed by atoms with Gasteiger partial charge >= 0.3 is 5.69 Å². The number of carbonyl (C=O) groups excluding carboxylic acids is 1. The lowest BCUT2D eigenvalue weighted by atomic mass is 9.99. The number of hydrogen-bond acceptors (Lipinski definition) is 8. The normalized spacial score (nSPS) is 18.9. The number of pyridine rings is 2. The van der Waals surface area contributed by atoms with Gasteiger partial charge in [0.05, 0.1) is 28.7 Å². The van der Waals surface area contributed by atoms with Gasteiger partial charge in [0, 0.05) is 31.4 Å². The monoisotopic (exact) mass is 571 g/mol. The summed E-state index contributed by atoms with van der Waals surface area (Å²) in [4.78, 5) is 44.3. The van der Waals surface area contributed by atoms with E-state index >= 15 is 4.39 Å². The van der Waals surface area contributed by atoms with Crippen LogP contribution in [-0.4, -0.2) is 70.5 Å². The van der Waals surface area contributed by atoms with Gasteiger partial charge in [0.25, 0.3) is 0 Å². The van der Waals surface area contributed by atoms with Crippen LogP contribution in [0, 0.1) is 5.82 Å². The second-order valence-corrected chi connectivity index (χ2v) is 11.5. The highest BCUT2D eigenvalue weighted by atomic mass is 19.1. The molecule has 1 saturated heterocycles. The second-order valence-electron chi connectivity index (χ2n) is 11.5. The van der Waals surface area contributed by atoms with Crippen LogP contribution in [0.2, 0.25) is 0 Å². The number of piperazine rings is 1. The Kier molecular flexibility index (Phi) is 7.07. The smallest absolute Gasteiger partial charge is 0.349 e. The van der Waals surface area contributed by atoms with E-state index in [4.69, 9.17) is 4.98 Å². The molecular formula is C30H34FN9O2. The summed E-state index contributed by atoms with van der Waals surface area (Å²) in [6.45, 7) is 12.4. The highest BCUT2D eigenvalue weighted by molar-refractivity contribution is 5.90. The lowest BCUT2D eigenvalue weighted by Crippen LogP contribution is -2.58. The van der Waals surface area contributed by atoms with Crippen LogP contribution in [0.1, 0.15) is 63.4 Å². The van der Waals surface area contributed by atoms with Crippen molar-refractivity contribution in [3.63, 3.8) is 0 Å². The Morgan fingerprint density at radius 3 is 2.67 bits per heavy atom. The van der Waals surface area contributed by atoms with Crippen molar-refractivity contribution in [3.8, 4) is 11.5 Å². The van der Waals surface area contributed by atoms with Gasteiger partial charge in [-0.1, -0.05) is 25.6 Å². The molecule has 12 heteroatoms. The molecule has 0 aliphatic carbocycles. The highest BCUT2D eigenvalue weighted by Gasteiger charge is 2.34. The van der Waals surface area contributed by atoms with Gasteiger partial charge < -0.3 is 9.80 Å². The van der Waals surface area contributed by atoms with Crippen LogP contribution in [0.15, 0.2) is 42.0 Å². The van der Waals surface area contributed by atoms with Crippen LogP contribution in [0.5, 0.6) is 0 Å². The van der Waals surface area contributed by atoms with Crippen molar-refractivity contribution >= 4 is 22.8 Å². The first-order valence-corrected chi connectivity index (χ1v) is 14.4. The van der Waals surface area contributed by atoms with Crippen molar-refractivity contribution in [2.24, 2.45) is 0 Å². The quantitative estimate of drug-likeness (QED) is 0.343. The Balaban J connectivity index is 1.65. The standard InChI is InChI=1S/C30H34FN9O2/c1-6-24(41)37-14-19(5)38(15-18(37)4)27-22-13-23(31)29-33-28(22)40(30(42)34-27)26-20(11-12-32-25(26)17(2)3)9-7-8-10-21-16-39(29)36-35-21/h6,11-13,16-19H,1,7-10,14-15H2,2-5H3. The first kappa shape index (κ1) is 27.7. The van der Waals surface area contributed by atoms with Gasteiger partial charge in [-0.15, -0.1) is 5.10 Å². The average Bonchev–Trinajstić information content (AvgIpc) is 3.44. The number of anilines is 1. The number of aryl methyl sites for hydroxylation is 2. The largest absolute Gasteiger partial charge is 0.355 e. The average molecular weight is 572 g/mol. The summed E-state index contributed by atoms with van der Waals surface area (Å²) in [7, 11) is 0. The van der Waals surface area contributed by atoms with E-state index in [1.807, 2.05) is 38.7 Å². The van der Waals surface area contributed by atoms with Crippen LogP contribution in [0.3, 0.4) is 0 Å². The number of rotatable bonds is 3. The topological polar surface area (TPSA) is 115 Å². The molecule has 4 aromatic rings. The van der Waals surface area contributed by atoms with E-state index in [-0.39, 0.29) is 35.4 Å². The van der Waals surface area contributed by atoms with E-state index in [0.29, 0.717) is 42.8 Å². The summed E-state index contributed by atoms with van der Waals surface area (Å²) in [6.07, 6.45) is 7.87. The number of hydrogen-bond donors (Lipinski definition) is 0. The molecule has 218 valence electrons. The molecule has 6 rings (SSSR count). The number of aromatic nitrogens is 7. The molecule has 4 bridgehead atoms. The van der Waals surface area contributed by atoms with Crippen molar-refractivity contribution in [3.05, 3.63) is 70.4 Å². The number of fused-ring (bicyclic) bond motifs is 6. The van der Waals surface area contributed by atoms with E-state index in [1.54, 1.807) is 17.3 Å². The minimum atomic E-state index is -0.612. The Bertz CT molecular complexity index is 1760. The summed E-state index contributed by atoms with van der Waals surface area (Å²) in [5, 5.41) is 8.77. The summed E-state index contributed by atoms with van der Waals surface area (Å²) in [6, 6.07) is 2.92. The maximum Gasteiger partial charge on any atom is 0.355 e. The van der Waals surface area contributed by atoms with Gasteiger partial charge in [-0.3, -0.25) is 9.78 Å². The van der Waals surface area contributed by atoms with E-state index in [0.717, 1.165) is 29.8 Å². The molecule has 4 aromatic heterocycles. The molecule has 6 heterocycles. The maximum atomic E-state index is 15.9. The maximum absolute atomic E-state index is 15.9. The molecule has 1 fully saturated rings. The van der Waals surface area contributed by atoms with Crippen molar-refractivity contribution in [1.29, 1.82) is 0 Å². The first-order valence-electron chi connectivity index (χ1n) is 14.4. The zero-order valence-electron chi connectivity index (χ0n) is 24.3. The Morgan fingerprint density at radius 1 is 1.12 bits per heavy atom. The van der Waals surface area contributed by atoms with Crippen LogP contribution in [0.4, 0.5) is 10.2 Å². The Hall–Kier alpha value is -4.48. The fraction of sp³-hybridized carbons (Fsp3) is 0.433. The van der Waals surface area contributed by atoms with E-state index in [2.05, 4.69) is 26.9 Å². The third-order valence-electron chi connectivity index (χ3n) is 8.19. The fourth-order valence-electron chi connectivity index (χ4n) is 6.06. The molecule has 2 unspecified atom stereocenters. The van der Waals surface area contributed by atoms with Gasteiger partial charge in [-0.05, 0) is 69.2 Å². The molecule has 0 radical (unpaired) electrons. The molecule has 1 amide bonds. The second kappa shape index (κ2) is 10.7. The van der Waals surface area contributed by atoms with Crippen LogP contribution >= 0.6 is 0 Å². The molecule has 11 nitrogen and oxygen atoms in total. The molecule has 0 spiro atoms.